The molecule has 31 heavy (non-hydrogen) atoms. The van der Waals surface area contributed by atoms with Crippen molar-refractivity contribution in [3.63, 3.8) is 0 Å². The van der Waals surface area contributed by atoms with E-state index >= 15 is 0 Å². The topological polar surface area (TPSA) is 93.9 Å². The Morgan fingerprint density at radius 2 is 1.74 bits per heavy atom. The monoisotopic (exact) mass is 437 g/mol. The van der Waals surface area contributed by atoms with E-state index in [1.165, 1.54) is 23.9 Å². The summed E-state index contributed by atoms with van der Waals surface area (Å²) in [5.41, 5.74) is 1.08. The standard InChI is InChI=1S/C23H19NO6S/c1-13-11-20(25)30-19-12-14(7-8-15(13)19)29-23(28)18(9-10-31-2)24-21(26)16-5-3-4-6-17(16)22(24)27/h3-8,11-12,18H,9-10H2,1-2H3. The van der Waals surface area contributed by atoms with Gasteiger partial charge in [0.25, 0.3) is 11.8 Å². The van der Waals surface area contributed by atoms with Gasteiger partial charge >= 0.3 is 11.6 Å². The van der Waals surface area contributed by atoms with Crippen molar-refractivity contribution in [3.8, 4) is 5.75 Å². The van der Waals surface area contributed by atoms with Crippen LogP contribution in [0.3, 0.4) is 0 Å². The highest BCUT2D eigenvalue weighted by atomic mass is 32.2. The molecule has 158 valence electrons. The van der Waals surface area contributed by atoms with Gasteiger partial charge in [0.2, 0.25) is 0 Å². The summed E-state index contributed by atoms with van der Waals surface area (Å²) in [5.74, 6) is -1.03. The van der Waals surface area contributed by atoms with Crippen LogP contribution >= 0.6 is 11.8 Å². The van der Waals surface area contributed by atoms with E-state index in [0.29, 0.717) is 5.75 Å². The van der Waals surface area contributed by atoms with Gasteiger partial charge in [-0.2, -0.15) is 11.8 Å². The quantitative estimate of drug-likeness (QED) is 0.252. The average molecular weight is 437 g/mol. The first-order valence-electron chi connectivity index (χ1n) is 9.62. The molecule has 0 N–H and O–H groups in total. The Balaban J connectivity index is 1.64. The second kappa shape index (κ2) is 8.39. The summed E-state index contributed by atoms with van der Waals surface area (Å²) >= 11 is 1.50. The third-order valence-electron chi connectivity index (χ3n) is 5.15. The molecule has 1 atom stereocenters. The van der Waals surface area contributed by atoms with Gasteiger partial charge in [0.15, 0.2) is 0 Å². The number of nitrogens with zero attached hydrogens (tertiary/aromatic N) is 1. The number of fused-ring (bicyclic) bond motifs is 2. The summed E-state index contributed by atoms with van der Waals surface area (Å²) in [5, 5.41) is 0.721. The molecule has 0 spiro atoms. The van der Waals surface area contributed by atoms with Crippen molar-refractivity contribution in [1.29, 1.82) is 0 Å². The van der Waals surface area contributed by atoms with Gasteiger partial charge in [0.1, 0.15) is 17.4 Å². The first-order chi connectivity index (χ1) is 14.9. The number of hydrogen-bond acceptors (Lipinski definition) is 7. The molecule has 1 unspecified atom stereocenters. The van der Waals surface area contributed by atoms with Crippen LogP contribution in [-0.4, -0.2) is 40.7 Å². The van der Waals surface area contributed by atoms with Gasteiger partial charge in [0, 0.05) is 17.5 Å². The average Bonchev–Trinajstić information content (AvgIpc) is 2.99. The number of thioether (sulfide) groups is 1. The minimum absolute atomic E-state index is 0.164. The Labute approximate surface area is 182 Å². The number of ether oxygens (including phenoxy) is 1. The van der Waals surface area contributed by atoms with Gasteiger partial charge in [-0.3, -0.25) is 14.5 Å². The van der Waals surface area contributed by atoms with E-state index in [-0.39, 0.29) is 28.9 Å². The van der Waals surface area contributed by atoms with Gasteiger partial charge in [-0.05, 0) is 55.2 Å². The molecular formula is C23H19NO6S. The Morgan fingerprint density at radius 1 is 1.06 bits per heavy atom. The highest BCUT2D eigenvalue weighted by Crippen LogP contribution is 2.28. The largest absolute Gasteiger partial charge is 0.425 e. The van der Waals surface area contributed by atoms with Crippen LogP contribution in [-0.2, 0) is 4.79 Å². The van der Waals surface area contributed by atoms with Crippen LogP contribution in [0.15, 0.2) is 57.7 Å². The number of carbonyl (C=O) groups is 3. The molecular weight excluding hydrogens is 418 g/mol. The molecule has 2 amide bonds. The molecule has 3 aromatic rings. The van der Waals surface area contributed by atoms with E-state index in [9.17, 15) is 19.2 Å². The smallest absolute Gasteiger partial charge is 0.336 e. The maximum atomic E-state index is 13.0. The van der Waals surface area contributed by atoms with Gasteiger partial charge in [-0.1, -0.05) is 12.1 Å². The lowest BCUT2D eigenvalue weighted by Gasteiger charge is -2.24. The predicted octanol–water partition coefficient (Wildman–Crippen LogP) is 3.42. The van der Waals surface area contributed by atoms with E-state index in [1.807, 2.05) is 6.26 Å². The molecule has 8 heteroatoms. The summed E-state index contributed by atoms with van der Waals surface area (Å²) in [6, 6.07) is 11.5. The fraction of sp³-hybridized carbons (Fsp3) is 0.217. The molecule has 0 bridgehead atoms. The van der Waals surface area contributed by atoms with Crippen molar-refractivity contribution >= 4 is 40.5 Å². The van der Waals surface area contributed by atoms with Crippen LogP contribution in [0, 0.1) is 6.92 Å². The number of imide groups is 1. The third-order valence-corrected chi connectivity index (χ3v) is 5.79. The fourth-order valence-corrected chi connectivity index (χ4v) is 4.08. The van der Waals surface area contributed by atoms with Crippen LogP contribution in [0.2, 0.25) is 0 Å². The van der Waals surface area contributed by atoms with Crippen LogP contribution in [0.25, 0.3) is 11.0 Å². The zero-order chi connectivity index (χ0) is 22.1. The maximum absolute atomic E-state index is 13.0. The molecule has 2 aromatic carbocycles. The predicted molar refractivity (Wildman–Crippen MR) is 117 cm³/mol. The van der Waals surface area contributed by atoms with Crippen molar-refractivity contribution in [3.05, 3.63) is 75.6 Å². The van der Waals surface area contributed by atoms with Crippen molar-refractivity contribution in [2.45, 2.75) is 19.4 Å². The maximum Gasteiger partial charge on any atom is 0.336 e. The summed E-state index contributed by atoms with van der Waals surface area (Å²) in [6.07, 6.45) is 2.13. The number of amides is 2. The number of carbonyl (C=O) groups excluding carboxylic acids is 3. The van der Waals surface area contributed by atoms with E-state index in [1.54, 1.807) is 43.3 Å². The lowest BCUT2D eigenvalue weighted by molar-refractivity contribution is -0.138. The van der Waals surface area contributed by atoms with Gasteiger partial charge < -0.3 is 9.15 Å². The summed E-state index contributed by atoms with van der Waals surface area (Å²) < 4.78 is 10.7. The zero-order valence-corrected chi connectivity index (χ0v) is 17.7. The van der Waals surface area contributed by atoms with Crippen LogP contribution in [0.4, 0.5) is 0 Å². The van der Waals surface area contributed by atoms with Crippen molar-refractivity contribution in [2.24, 2.45) is 0 Å². The molecule has 7 nitrogen and oxygen atoms in total. The fourth-order valence-electron chi connectivity index (χ4n) is 3.63. The normalized spacial score (nSPS) is 14.1. The van der Waals surface area contributed by atoms with Gasteiger partial charge in [0.05, 0.1) is 11.1 Å². The molecule has 0 saturated carbocycles. The minimum atomic E-state index is -1.07. The first kappa shape index (κ1) is 20.9. The van der Waals surface area contributed by atoms with Crippen molar-refractivity contribution < 1.29 is 23.5 Å². The summed E-state index contributed by atoms with van der Waals surface area (Å²) in [6.45, 7) is 1.78. The van der Waals surface area contributed by atoms with E-state index in [4.69, 9.17) is 9.15 Å². The Bertz CT molecular complexity index is 1230. The molecule has 0 aliphatic carbocycles. The highest BCUT2D eigenvalue weighted by Gasteiger charge is 2.43. The Kier molecular flexibility index (Phi) is 5.65. The molecule has 0 fully saturated rings. The molecule has 0 radical (unpaired) electrons. The first-order valence-corrected chi connectivity index (χ1v) is 11.0. The lowest BCUT2D eigenvalue weighted by atomic mass is 10.1. The second-order valence-corrected chi connectivity index (χ2v) is 8.14. The molecule has 1 aliphatic heterocycles. The number of esters is 1. The van der Waals surface area contributed by atoms with Crippen LogP contribution < -0.4 is 10.4 Å². The lowest BCUT2D eigenvalue weighted by Crippen LogP contribution is -2.47. The summed E-state index contributed by atoms with van der Waals surface area (Å²) in [4.78, 5) is 51.4. The van der Waals surface area contributed by atoms with Crippen LogP contribution in [0.1, 0.15) is 32.7 Å². The molecule has 4 rings (SSSR count). The van der Waals surface area contributed by atoms with Gasteiger partial charge in [-0.25, -0.2) is 9.59 Å². The number of aryl methyl sites for hydroxylation is 1. The van der Waals surface area contributed by atoms with E-state index < -0.39 is 29.5 Å². The molecule has 1 aliphatic rings. The zero-order valence-electron chi connectivity index (χ0n) is 16.9. The molecule has 2 heterocycles. The second-order valence-electron chi connectivity index (χ2n) is 7.15. The number of rotatable bonds is 6. The Hall–Kier alpha value is -3.39. The van der Waals surface area contributed by atoms with E-state index in [0.717, 1.165) is 15.8 Å². The molecule has 0 saturated heterocycles. The minimum Gasteiger partial charge on any atom is -0.425 e. The highest BCUT2D eigenvalue weighted by molar-refractivity contribution is 7.98. The third kappa shape index (κ3) is 3.86. The number of hydrogen-bond donors (Lipinski definition) is 0. The SMILES string of the molecule is CSCCC(C(=O)Oc1ccc2c(C)cc(=O)oc2c1)N1C(=O)c2ccccc2C1=O. The summed E-state index contributed by atoms with van der Waals surface area (Å²) in [7, 11) is 0. The Morgan fingerprint density at radius 3 is 2.39 bits per heavy atom. The molecule has 1 aromatic heterocycles. The van der Waals surface area contributed by atoms with Crippen molar-refractivity contribution in [1.82, 2.24) is 4.90 Å². The van der Waals surface area contributed by atoms with Gasteiger partial charge in [-0.15, -0.1) is 0 Å². The van der Waals surface area contributed by atoms with Crippen molar-refractivity contribution in [2.75, 3.05) is 12.0 Å². The number of benzene rings is 2. The van der Waals surface area contributed by atoms with E-state index in [2.05, 4.69) is 0 Å². The van der Waals surface area contributed by atoms with Crippen LogP contribution in [0.5, 0.6) is 5.75 Å².